The summed E-state index contributed by atoms with van der Waals surface area (Å²) in [4.78, 5) is 11.4. The van der Waals surface area contributed by atoms with Gasteiger partial charge in [-0.2, -0.15) is 0 Å². The third-order valence-corrected chi connectivity index (χ3v) is 2.59. The molecular formula is C11H22N2O2. The van der Waals surface area contributed by atoms with Gasteiger partial charge >= 0.3 is 6.09 Å². The van der Waals surface area contributed by atoms with Crippen molar-refractivity contribution in [3.8, 4) is 0 Å². The number of nitrogens with one attached hydrogen (secondary N) is 2. The van der Waals surface area contributed by atoms with Crippen LogP contribution in [0.25, 0.3) is 0 Å². The summed E-state index contributed by atoms with van der Waals surface area (Å²) in [6.45, 7) is 10.5. The molecule has 0 aromatic carbocycles. The van der Waals surface area contributed by atoms with Crippen molar-refractivity contribution in [1.29, 1.82) is 0 Å². The predicted octanol–water partition coefficient (Wildman–Crippen LogP) is 1.37. The molecule has 2 N–H and O–H groups in total. The van der Waals surface area contributed by atoms with E-state index in [1.807, 2.05) is 20.8 Å². The second-order valence-corrected chi connectivity index (χ2v) is 5.28. The number of amides is 1. The number of hydrogen-bond acceptors (Lipinski definition) is 3. The third kappa shape index (κ3) is 4.51. The van der Waals surface area contributed by atoms with E-state index in [9.17, 15) is 4.79 Å². The van der Waals surface area contributed by atoms with Gasteiger partial charge in [0.15, 0.2) is 0 Å². The molecule has 1 rings (SSSR count). The Kier molecular flexibility index (Phi) is 3.97. The lowest BCUT2D eigenvalue weighted by Gasteiger charge is -2.21. The van der Waals surface area contributed by atoms with Crippen molar-refractivity contribution in [1.82, 2.24) is 10.6 Å². The number of ether oxygens (including phenoxy) is 1. The molecule has 1 heterocycles. The number of carbonyl (C=O) groups excluding carboxylic acids is 1. The van der Waals surface area contributed by atoms with Crippen LogP contribution in [0, 0.1) is 11.8 Å². The minimum atomic E-state index is -0.413. The minimum Gasteiger partial charge on any atom is -0.444 e. The van der Waals surface area contributed by atoms with Gasteiger partial charge in [0.1, 0.15) is 5.60 Å². The SMILES string of the molecule is C[C@H]1CNC[C@@H]1CNC(=O)OC(C)(C)C. The average Bonchev–Trinajstić information content (AvgIpc) is 2.44. The van der Waals surface area contributed by atoms with E-state index in [1.165, 1.54) is 0 Å². The van der Waals surface area contributed by atoms with Crippen LogP contribution < -0.4 is 10.6 Å². The molecular weight excluding hydrogens is 192 g/mol. The molecule has 1 fully saturated rings. The number of alkyl carbamates (subject to hydrolysis) is 1. The Balaban J connectivity index is 2.22. The fourth-order valence-electron chi connectivity index (χ4n) is 1.67. The van der Waals surface area contributed by atoms with Crippen LogP contribution in [-0.4, -0.2) is 31.3 Å². The molecule has 0 spiro atoms. The molecule has 0 unspecified atom stereocenters. The van der Waals surface area contributed by atoms with Crippen molar-refractivity contribution in [2.24, 2.45) is 11.8 Å². The molecule has 0 bridgehead atoms. The van der Waals surface area contributed by atoms with Gasteiger partial charge in [0.2, 0.25) is 0 Å². The smallest absolute Gasteiger partial charge is 0.407 e. The zero-order valence-corrected chi connectivity index (χ0v) is 10.1. The molecule has 15 heavy (non-hydrogen) atoms. The van der Waals surface area contributed by atoms with Gasteiger partial charge in [-0.25, -0.2) is 4.79 Å². The minimum absolute atomic E-state index is 0.318. The van der Waals surface area contributed by atoms with E-state index < -0.39 is 5.60 Å². The standard InChI is InChI=1S/C11H22N2O2/c1-8-5-12-6-9(8)7-13-10(14)15-11(2,3)4/h8-9,12H,5-7H2,1-4H3,(H,13,14)/t8-,9+/m0/s1. The Morgan fingerprint density at radius 3 is 2.60 bits per heavy atom. The van der Waals surface area contributed by atoms with Crippen molar-refractivity contribution in [3.63, 3.8) is 0 Å². The predicted molar refractivity (Wildman–Crippen MR) is 59.8 cm³/mol. The van der Waals surface area contributed by atoms with Gasteiger partial charge in [-0.05, 0) is 45.7 Å². The summed E-state index contributed by atoms with van der Waals surface area (Å²) in [7, 11) is 0. The van der Waals surface area contributed by atoms with Crippen LogP contribution in [0.3, 0.4) is 0 Å². The normalized spacial score (nSPS) is 26.4. The molecule has 1 aliphatic rings. The van der Waals surface area contributed by atoms with E-state index in [2.05, 4.69) is 17.6 Å². The van der Waals surface area contributed by atoms with Gasteiger partial charge in [-0.3, -0.25) is 0 Å². The van der Waals surface area contributed by atoms with E-state index in [-0.39, 0.29) is 6.09 Å². The maximum absolute atomic E-state index is 11.4. The highest BCUT2D eigenvalue weighted by atomic mass is 16.6. The van der Waals surface area contributed by atoms with Crippen LogP contribution in [0.15, 0.2) is 0 Å². The topological polar surface area (TPSA) is 50.4 Å². The fraction of sp³-hybridized carbons (Fsp3) is 0.909. The Labute approximate surface area is 91.8 Å². The van der Waals surface area contributed by atoms with Crippen molar-refractivity contribution in [3.05, 3.63) is 0 Å². The number of hydrogen-bond donors (Lipinski definition) is 2. The Hall–Kier alpha value is -0.770. The fourth-order valence-corrected chi connectivity index (χ4v) is 1.67. The molecule has 0 radical (unpaired) electrons. The lowest BCUT2D eigenvalue weighted by Crippen LogP contribution is -2.36. The molecule has 2 atom stereocenters. The van der Waals surface area contributed by atoms with Crippen LogP contribution in [0.1, 0.15) is 27.7 Å². The molecule has 88 valence electrons. The largest absolute Gasteiger partial charge is 0.444 e. The highest BCUT2D eigenvalue weighted by Gasteiger charge is 2.24. The van der Waals surface area contributed by atoms with Gasteiger partial charge in [-0.15, -0.1) is 0 Å². The summed E-state index contributed by atoms with van der Waals surface area (Å²) in [5.74, 6) is 1.15. The van der Waals surface area contributed by atoms with E-state index in [1.54, 1.807) is 0 Å². The highest BCUT2D eigenvalue weighted by molar-refractivity contribution is 5.67. The van der Waals surface area contributed by atoms with Crippen LogP contribution in [0.4, 0.5) is 4.79 Å². The van der Waals surface area contributed by atoms with Crippen molar-refractivity contribution in [2.45, 2.75) is 33.3 Å². The summed E-state index contributed by atoms with van der Waals surface area (Å²) >= 11 is 0. The molecule has 1 aliphatic heterocycles. The Bertz CT molecular complexity index is 223. The molecule has 0 aromatic heterocycles. The van der Waals surface area contributed by atoms with Crippen LogP contribution >= 0.6 is 0 Å². The van der Waals surface area contributed by atoms with Crippen LogP contribution in [0.2, 0.25) is 0 Å². The van der Waals surface area contributed by atoms with Crippen molar-refractivity contribution < 1.29 is 9.53 Å². The Morgan fingerprint density at radius 1 is 1.47 bits per heavy atom. The molecule has 1 amide bonds. The first-order valence-electron chi connectivity index (χ1n) is 5.56. The van der Waals surface area contributed by atoms with E-state index in [0.717, 1.165) is 13.1 Å². The van der Waals surface area contributed by atoms with Gasteiger partial charge in [0, 0.05) is 6.54 Å². The van der Waals surface area contributed by atoms with Gasteiger partial charge in [0.05, 0.1) is 0 Å². The summed E-state index contributed by atoms with van der Waals surface area (Å²) in [6.07, 6.45) is -0.318. The van der Waals surface area contributed by atoms with E-state index >= 15 is 0 Å². The zero-order valence-electron chi connectivity index (χ0n) is 10.1. The monoisotopic (exact) mass is 214 g/mol. The number of carbonyl (C=O) groups is 1. The first-order valence-corrected chi connectivity index (χ1v) is 5.56. The van der Waals surface area contributed by atoms with Crippen LogP contribution in [0.5, 0.6) is 0 Å². The third-order valence-electron chi connectivity index (χ3n) is 2.59. The molecule has 4 heteroatoms. The zero-order chi connectivity index (χ0) is 11.5. The molecule has 1 saturated heterocycles. The van der Waals surface area contributed by atoms with Gasteiger partial charge in [-0.1, -0.05) is 6.92 Å². The highest BCUT2D eigenvalue weighted by Crippen LogP contribution is 2.14. The van der Waals surface area contributed by atoms with Crippen molar-refractivity contribution in [2.75, 3.05) is 19.6 Å². The van der Waals surface area contributed by atoms with E-state index in [4.69, 9.17) is 4.74 Å². The second-order valence-electron chi connectivity index (χ2n) is 5.28. The Morgan fingerprint density at radius 2 is 2.13 bits per heavy atom. The van der Waals surface area contributed by atoms with Gasteiger partial charge < -0.3 is 15.4 Å². The quantitative estimate of drug-likeness (QED) is 0.730. The summed E-state index contributed by atoms with van der Waals surface area (Å²) in [5, 5.41) is 6.11. The maximum Gasteiger partial charge on any atom is 0.407 e. The number of rotatable bonds is 2. The van der Waals surface area contributed by atoms with Crippen LogP contribution in [-0.2, 0) is 4.74 Å². The lowest BCUT2D eigenvalue weighted by molar-refractivity contribution is 0.0518. The van der Waals surface area contributed by atoms with Crippen molar-refractivity contribution >= 4 is 6.09 Å². The summed E-state index contributed by atoms with van der Waals surface area (Å²) in [6, 6.07) is 0. The molecule has 0 saturated carbocycles. The second kappa shape index (κ2) is 4.84. The van der Waals surface area contributed by atoms with Gasteiger partial charge in [0.25, 0.3) is 0 Å². The molecule has 0 aromatic rings. The maximum atomic E-state index is 11.4. The first-order chi connectivity index (χ1) is 6.88. The van der Waals surface area contributed by atoms with E-state index in [0.29, 0.717) is 18.4 Å². The average molecular weight is 214 g/mol. The lowest BCUT2D eigenvalue weighted by atomic mass is 9.98. The summed E-state index contributed by atoms with van der Waals surface area (Å²) < 4.78 is 5.16. The molecule has 0 aliphatic carbocycles. The molecule has 4 nitrogen and oxygen atoms in total. The summed E-state index contributed by atoms with van der Waals surface area (Å²) in [5.41, 5.74) is -0.413. The first kappa shape index (κ1) is 12.3.